The van der Waals surface area contributed by atoms with Crippen molar-refractivity contribution in [2.24, 2.45) is 5.73 Å². The Labute approximate surface area is 131 Å². The number of benzene rings is 2. The summed E-state index contributed by atoms with van der Waals surface area (Å²) in [5.41, 5.74) is 11.4. The summed E-state index contributed by atoms with van der Waals surface area (Å²) in [5, 5.41) is 0.782. The van der Waals surface area contributed by atoms with Crippen molar-refractivity contribution in [2.45, 2.75) is 32.2 Å². The second-order valence-electron chi connectivity index (χ2n) is 5.68. The summed E-state index contributed by atoms with van der Waals surface area (Å²) in [7, 11) is 0. The molecule has 1 aliphatic heterocycles. The monoisotopic (exact) mass is 300 g/mol. The van der Waals surface area contributed by atoms with Gasteiger partial charge in [-0.05, 0) is 54.7 Å². The highest BCUT2D eigenvalue weighted by molar-refractivity contribution is 6.30. The molecule has 3 heteroatoms. The van der Waals surface area contributed by atoms with Crippen LogP contribution in [0.2, 0.25) is 5.02 Å². The van der Waals surface area contributed by atoms with Gasteiger partial charge in [-0.1, -0.05) is 36.7 Å². The lowest BCUT2D eigenvalue weighted by Gasteiger charge is -2.24. The molecule has 1 aliphatic rings. The summed E-state index contributed by atoms with van der Waals surface area (Å²) >= 11 is 6.19. The number of rotatable bonds is 4. The largest absolute Gasteiger partial charge is 0.341 e. The SMILES string of the molecule is CCC(N)Cc1cc(Cl)ccc1N1CCc2ccccc21. The minimum absolute atomic E-state index is 0.181. The first-order valence-corrected chi connectivity index (χ1v) is 7.96. The Bertz CT molecular complexity index is 639. The Morgan fingerprint density at radius 3 is 2.81 bits per heavy atom. The van der Waals surface area contributed by atoms with E-state index in [0.717, 1.165) is 30.8 Å². The van der Waals surface area contributed by atoms with Gasteiger partial charge in [-0.15, -0.1) is 0 Å². The maximum Gasteiger partial charge on any atom is 0.0445 e. The van der Waals surface area contributed by atoms with E-state index in [-0.39, 0.29) is 6.04 Å². The molecule has 1 atom stereocenters. The van der Waals surface area contributed by atoms with E-state index in [2.05, 4.69) is 48.2 Å². The standard InChI is InChI=1S/C18H21ClN2/c1-2-16(20)12-14-11-15(19)7-8-18(14)21-10-9-13-5-3-4-6-17(13)21/h3-8,11,16H,2,9-10,12,20H2,1H3. The lowest BCUT2D eigenvalue weighted by atomic mass is 10.0. The van der Waals surface area contributed by atoms with Gasteiger partial charge in [0.05, 0.1) is 0 Å². The lowest BCUT2D eigenvalue weighted by molar-refractivity contribution is 0.646. The van der Waals surface area contributed by atoms with E-state index in [0.29, 0.717) is 0 Å². The molecule has 0 bridgehead atoms. The molecule has 0 saturated heterocycles. The van der Waals surface area contributed by atoms with E-state index in [1.54, 1.807) is 0 Å². The molecule has 1 unspecified atom stereocenters. The van der Waals surface area contributed by atoms with Crippen LogP contribution in [0.5, 0.6) is 0 Å². The highest BCUT2D eigenvalue weighted by atomic mass is 35.5. The van der Waals surface area contributed by atoms with Gasteiger partial charge in [0.2, 0.25) is 0 Å². The number of para-hydroxylation sites is 1. The maximum absolute atomic E-state index is 6.19. The van der Waals surface area contributed by atoms with E-state index in [4.69, 9.17) is 17.3 Å². The van der Waals surface area contributed by atoms with Gasteiger partial charge in [0.25, 0.3) is 0 Å². The molecule has 0 spiro atoms. The van der Waals surface area contributed by atoms with Gasteiger partial charge >= 0.3 is 0 Å². The van der Waals surface area contributed by atoms with Crippen LogP contribution in [-0.4, -0.2) is 12.6 Å². The van der Waals surface area contributed by atoms with Crippen LogP contribution >= 0.6 is 11.6 Å². The van der Waals surface area contributed by atoms with Crippen molar-refractivity contribution in [1.82, 2.24) is 0 Å². The summed E-state index contributed by atoms with van der Waals surface area (Å²) in [6.07, 6.45) is 2.94. The Balaban J connectivity index is 1.99. The predicted octanol–water partition coefficient (Wildman–Crippen LogP) is 4.31. The molecule has 0 saturated carbocycles. The summed E-state index contributed by atoms with van der Waals surface area (Å²) in [6.45, 7) is 3.15. The van der Waals surface area contributed by atoms with Gasteiger partial charge in [0.1, 0.15) is 0 Å². The van der Waals surface area contributed by atoms with Crippen molar-refractivity contribution in [3.05, 3.63) is 58.6 Å². The number of halogens is 1. The highest BCUT2D eigenvalue weighted by Crippen LogP contribution is 2.37. The summed E-state index contributed by atoms with van der Waals surface area (Å²) in [5.74, 6) is 0. The van der Waals surface area contributed by atoms with Crippen molar-refractivity contribution in [3.8, 4) is 0 Å². The fraction of sp³-hybridized carbons (Fsp3) is 0.333. The number of nitrogens with two attached hydrogens (primary N) is 1. The van der Waals surface area contributed by atoms with Crippen molar-refractivity contribution >= 4 is 23.0 Å². The van der Waals surface area contributed by atoms with Gasteiger partial charge in [-0.2, -0.15) is 0 Å². The Kier molecular flexibility index (Phi) is 4.18. The van der Waals surface area contributed by atoms with E-state index in [9.17, 15) is 0 Å². The van der Waals surface area contributed by atoms with Crippen molar-refractivity contribution in [1.29, 1.82) is 0 Å². The molecule has 0 amide bonds. The lowest BCUT2D eigenvalue weighted by Crippen LogP contribution is -2.23. The number of hydrogen-bond acceptors (Lipinski definition) is 2. The third kappa shape index (κ3) is 2.92. The molecule has 0 radical (unpaired) electrons. The van der Waals surface area contributed by atoms with Gasteiger partial charge < -0.3 is 10.6 Å². The van der Waals surface area contributed by atoms with Crippen LogP contribution in [0.15, 0.2) is 42.5 Å². The molecule has 0 fully saturated rings. The summed E-state index contributed by atoms with van der Waals surface area (Å²) < 4.78 is 0. The molecule has 0 aromatic heterocycles. The molecule has 110 valence electrons. The van der Waals surface area contributed by atoms with E-state index in [1.165, 1.54) is 22.5 Å². The molecule has 2 aromatic rings. The molecule has 2 N–H and O–H groups in total. The van der Waals surface area contributed by atoms with Crippen LogP contribution in [0.3, 0.4) is 0 Å². The first-order chi connectivity index (χ1) is 10.2. The average Bonchev–Trinajstić information content (AvgIpc) is 2.91. The topological polar surface area (TPSA) is 29.3 Å². The third-order valence-corrected chi connectivity index (χ3v) is 4.46. The molecule has 2 nitrogen and oxygen atoms in total. The van der Waals surface area contributed by atoms with Gasteiger partial charge in [-0.25, -0.2) is 0 Å². The van der Waals surface area contributed by atoms with E-state index >= 15 is 0 Å². The zero-order valence-electron chi connectivity index (χ0n) is 12.3. The van der Waals surface area contributed by atoms with Gasteiger partial charge in [0, 0.05) is 29.0 Å². The molecule has 0 aliphatic carbocycles. The molecule has 1 heterocycles. The molecule has 2 aromatic carbocycles. The van der Waals surface area contributed by atoms with Gasteiger partial charge in [0.15, 0.2) is 0 Å². The zero-order valence-corrected chi connectivity index (χ0v) is 13.1. The van der Waals surface area contributed by atoms with Crippen LogP contribution in [0.25, 0.3) is 0 Å². The number of fused-ring (bicyclic) bond motifs is 1. The molecule has 21 heavy (non-hydrogen) atoms. The van der Waals surface area contributed by atoms with E-state index in [1.807, 2.05) is 6.07 Å². The minimum atomic E-state index is 0.181. The molecular weight excluding hydrogens is 280 g/mol. The Hall–Kier alpha value is -1.51. The van der Waals surface area contributed by atoms with Crippen LogP contribution < -0.4 is 10.6 Å². The second kappa shape index (κ2) is 6.08. The molecule has 3 rings (SSSR count). The zero-order chi connectivity index (χ0) is 14.8. The Morgan fingerprint density at radius 2 is 2.00 bits per heavy atom. The smallest absolute Gasteiger partial charge is 0.0445 e. The summed E-state index contributed by atoms with van der Waals surface area (Å²) in [6, 6.07) is 15.0. The van der Waals surface area contributed by atoms with Crippen LogP contribution in [0.4, 0.5) is 11.4 Å². The number of nitrogens with zero attached hydrogens (tertiary/aromatic N) is 1. The number of anilines is 2. The average molecular weight is 301 g/mol. The highest BCUT2D eigenvalue weighted by Gasteiger charge is 2.22. The second-order valence-corrected chi connectivity index (χ2v) is 6.11. The predicted molar refractivity (Wildman–Crippen MR) is 90.6 cm³/mol. The van der Waals surface area contributed by atoms with Gasteiger partial charge in [-0.3, -0.25) is 0 Å². The van der Waals surface area contributed by atoms with Crippen LogP contribution in [0.1, 0.15) is 24.5 Å². The fourth-order valence-corrected chi connectivity index (χ4v) is 3.19. The normalized spacial score (nSPS) is 15.1. The summed E-state index contributed by atoms with van der Waals surface area (Å²) in [4.78, 5) is 2.39. The van der Waals surface area contributed by atoms with Crippen LogP contribution in [0, 0.1) is 0 Å². The molecular formula is C18H21ClN2. The van der Waals surface area contributed by atoms with Crippen molar-refractivity contribution in [2.75, 3.05) is 11.4 Å². The minimum Gasteiger partial charge on any atom is -0.341 e. The van der Waals surface area contributed by atoms with Crippen molar-refractivity contribution < 1.29 is 0 Å². The first-order valence-electron chi connectivity index (χ1n) is 7.58. The maximum atomic E-state index is 6.19. The number of hydrogen-bond donors (Lipinski definition) is 1. The third-order valence-electron chi connectivity index (χ3n) is 4.23. The van der Waals surface area contributed by atoms with Crippen LogP contribution in [-0.2, 0) is 12.8 Å². The van der Waals surface area contributed by atoms with E-state index < -0.39 is 0 Å². The Morgan fingerprint density at radius 1 is 1.19 bits per heavy atom. The van der Waals surface area contributed by atoms with Crippen molar-refractivity contribution in [3.63, 3.8) is 0 Å². The quantitative estimate of drug-likeness (QED) is 0.911. The fourth-order valence-electron chi connectivity index (χ4n) is 3.00. The first kappa shape index (κ1) is 14.4.